The molecule has 0 saturated heterocycles. The molecule has 100 valence electrons. The van der Waals surface area contributed by atoms with E-state index in [1.807, 2.05) is 12.1 Å². The van der Waals surface area contributed by atoms with Crippen LogP contribution in [0, 0.1) is 5.82 Å². The van der Waals surface area contributed by atoms with Gasteiger partial charge in [0.25, 0.3) is 0 Å². The van der Waals surface area contributed by atoms with Crippen LogP contribution in [0.1, 0.15) is 51.5 Å². The largest absolute Gasteiger partial charge is 0.314 e. The summed E-state index contributed by atoms with van der Waals surface area (Å²) in [5.74, 6) is -0.137. The van der Waals surface area contributed by atoms with Gasteiger partial charge >= 0.3 is 0 Å². The lowest BCUT2D eigenvalue weighted by Gasteiger charge is -2.39. The van der Waals surface area contributed by atoms with Crippen LogP contribution in [0.15, 0.2) is 24.3 Å². The molecule has 0 atom stereocenters. The van der Waals surface area contributed by atoms with Gasteiger partial charge in [-0.25, -0.2) is 4.39 Å². The van der Waals surface area contributed by atoms with Crippen molar-refractivity contribution in [2.75, 3.05) is 6.54 Å². The molecule has 0 unspecified atom stereocenters. The fourth-order valence-corrected chi connectivity index (χ4v) is 3.00. The van der Waals surface area contributed by atoms with Crippen molar-refractivity contribution < 1.29 is 4.39 Å². The molecule has 1 aliphatic rings. The number of hydrogen-bond donors (Lipinski definition) is 1. The molecule has 1 fully saturated rings. The molecule has 0 aromatic heterocycles. The Morgan fingerprint density at radius 1 is 1.11 bits per heavy atom. The van der Waals surface area contributed by atoms with Crippen molar-refractivity contribution in [3.05, 3.63) is 35.6 Å². The summed E-state index contributed by atoms with van der Waals surface area (Å²) >= 11 is 0. The van der Waals surface area contributed by atoms with Gasteiger partial charge in [0.2, 0.25) is 0 Å². The van der Waals surface area contributed by atoms with Crippen molar-refractivity contribution in [2.24, 2.45) is 0 Å². The van der Waals surface area contributed by atoms with Crippen molar-refractivity contribution in [3.63, 3.8) is 0 Å². The molecular weight excluding hydrogens is 225 g/mol. The van der Waals surface area contributed by atoms with E-state index in [0.29, 0.717) is 6.04 Å². The second-order valence-corrected chi connectivity index (χ2v) is 5.88. The third kappa shape index (κ3) is 3.11. The molecule has 1 aromatic rings. The Hall–Kier alpha value is -0.890. The van der Waals surface area contributed by atoms with Crippen molar-refractivity contribution in [1.29, 1.82) is 0 Å². The van der Waals surface area contributed by atoms with E-state index < -0.39 is 0 Å². The van der Waals surface area contributed by atoms with Crippen LogP contribution in [-0.4, -0.2) is 12.6 Å². The highest BCUT2D eigenvalue weighted by molar-refractivity contribution is 5.27. The number of hydrogen-bond acceptors (Lipinski definition) is 1. The van der Waals surface area contributed by atoms with Crippen LogP contribution in [0.5, 0.6) is 0 Å². The van der Waals surface area contributed by atoms with Crippen LogP contribution in [0.25, 0.3) is 0 Å². The van der Waals surface area contributed by atoms with Gasteiger partial charge in [-0.05, 0) is 30.5 Å². The number of nitrogens with one attached hydrogen (secondary N) is 1. The summed E-state index contributed by atoms with van der Waals surface area (Å²) in [4.78, 5) is 0. The fourth-order valence-electron chi connectivity index (χ4n) is 3.00. The molecule has 0 heterocycles. The Balaban J connectivity index is 2.20. The maximum Gasteiger partial charge on any atom is 0.123 e. The summed E-state index contributed by atoms with van der Waals surface area (Å²) in [6, 6.07) is 7.65. The van der Waals surface area contributed by atoms with Crippen LogP contribution in [0.3, 0.4) is 0 Å². The molecule has 0 amide bonds. The van der Waals surface area contributed by atoms with Gasteiger partial charge in [-0.2, -0.15) is 0 Å². The predicted octanol–water partition coefficient (Wildman–Crippen LogP) is 4.03. The van der Waals surface area contributed by atoms with E-state index in [9.17, 15) is 4.39 Å². The van der Waals surface area contributed by atoms with Crippen LogP contribution in [-0.2, 0) is 5.41 Å². The topological polar surface area (TPSA) is 12.0 Å². The number of benzene rings is 1. The smallest absolute Gasteiger partial charge is 0.123 e. The van der Waals surface area contributed by atoms with Crippen LogP contribution < -0.4 is 5.32 Å². The second kappa shape index (κ2) is 5.83. The minimum absolute atomic E-state index is 0.137. The maximum atomic E-state index is 13.1. The molecule has 0 spiro atoms. The lowest BCUT2D eigenvalue weighted by Crippen LogP contribution is -2.42. The van der Waals surface area contributed by atoms with E-state index in [1.165, 1.54) is 37.7 Å². The summed E-state index contributed by atoms with van der Waals surface area (Å²) < 4.78 is 13.1. The molecule has 1 aliphatic carbocycles. The Morgan fingerprint density at radius 2 is 1.72 bits per heavy atom. The quantitative estimate of drug-likeness (QED) is 0.849. The molecule has 2 rings (SSSR count). The Morgan fingerprint density at radius 3 is 2.28 bits per heavy atom. The molecule has 18 heavy (non-hydrogen) atoms. The highest BCUT2D eigenvalue weighted by Crippen LogP contribution is 2.39. The summed E-state index contributed by atoms with van der Waals surface area (Å²) in [5, 5.41) is 3.58. The van der Waals surface area contributed by atoms with Gasteiger partial charge in [0.05, 0.1) is 0 Å². The van der Waals surface area contributed by atoms with Gasteiger partial charge in [-0.1, -0.05) is 45.2 Å². The van der Waals surface area contributed by atoms with Crippen molar-refractivity contribution >= 4 is 0 Å². The van der Waals surface area contributed by atoms with Crippen LogP contribution in [0.4, 0.5) is 4.39 Å². The van der Waals surface area contributed by atoms with E-state index in [4.69, 9.17) is 0 Å². The lowest BCUT2D eigenvalue weighted by atomic mass is 9.69. The van der Waals surface area contributed by atoms with E-state index >= 15 is 0 Å². The third-order valence-corrected chi connectivity index (χ3v) is 4.12. The zero-order chi connectivity index (χ0) is 13.0. The molecule has 1 N–H and O–H groups in total. The first-order chi connectivity index (χ1) is 8.62. The standard InChI is InChI=1S/C16H24FN/c1-13(2)18-12-16(10-4-3-5-11-16)14-6-8-15(17)9-7-14/h6-9,13,18H,3-5,10-12H2,1-2H3. The average Bonchev–Trinajstić information content (AvgIpc) is 2.38. The molecule has 1 saturated carbocycles. The molecule has 0 bridgehead atoms. The first kappa shape index (κ1) is 13.5. The predicted molar refractivity (Wildman–Crippen MR) is 74.3 cm³/mol. The zero-order valence-corrected chi connectivity index (χ0v) is 11.5. The fraction of sp³-hybridized carbons (Fsp3) is 0.625. The monoisotopic (exact) mass is 249 g/mol. The highest BCUT2D eigenvalue weighted by atomic mass is 19.1. The van der Waals surface area contributed by atoms with E-state index in [1.54, 1.807) is 12.1 Å². The highest BCUT2D eigenvalue weighted by Gasteiger charge is 2.33. The van der Waals surface area contributed by atoms with Crippen molar-refractivity contribution in [1.82, 2.24) is 5.32 Å². The molecule has 2 heteroatoms. The molecule has 0 radical (unpaired) electrons. The minimum Gasteiger partial charge on any atom is -0.314 e. The Bertz CT molecular complexity index is 363. The zero-order valence-electron chi connectivity index (χ0n) is 11.5. The Kier molecular flexibility index (Phi) is 4.39. The van der Waals surface area contributed by atoms with Gasteiger partial charge in [-0.15, -0.1) is 0 Å². The Labute approximate surface area is 110 Å². The maximum absolute atomic E-state index is 13.1. The number of rotatable bonds is 4. The average molecular weight is 249 g/mol. The first-order valence-corrected chi connectivity index (χ1v) is 7.12. The molecule has 1 nitrogen and oxygen atoms in total. The van der Waals surface area contributed by atoms with E-state index in [0.717, 1.165) is 6.54 Å². The normalized spacial score (nSPS) is 19.1. The van der Waals surface area contributed by atoms with Gasteiger partial charge < -0.3 is 5.32 Å². The third-order valence-electron chi connectivity index (χ3n) is 4.12. The van der Waals surface area contributed by atoms with E-state index in [-0.39, 0.29) is 11.2 Å². The van der Waals surface area contributed by atoms with Crippen molar-refractivity contribution in [2.45, 2.75) is 57.4 Å². The summed E-state index contributed by atoms with van der Waals surface area (Å²) in [6.45, 7) is 5.37. The van der Waals surface area contributed by atoms with Gasteiger partial charge in [0.15, 0.2) is 0 Å². The molecular formula is C16H24FN. The van der Waals surface area contributed by atoms with Gasteiger partial charge in [0.1, 0.15) is 5.82 Å². The summed E-state index contributed by atoms with van der Waals surface area (Å²) in [5.41, 5.74) is 1.52. The van der Waals surface area contributed by atoms with Gasteiger partial charge in [-0.3, -0.25) is 0 Å². The van der Waals surface area contributed by atoms with Crippen molar-refractivity contribution in [3.8, 4) is 0 Å². The van der Waals surface area contributed by atoms with Crippen LogP contribution in [0.2, 0.25) is 0 Å². The minimum atomic E-state index is -0.137. The summed E-state index contributed by atoms with van der Waals surface area (Å²) in [6.07, 6.45) is 6.36. The van der Waals surface area contributed by atoms with Crippen LogP contribution >= 0.6 is 0 Å². The summed E-state index contributed by atoms with van der Waals surface area (Å²) in [7, 11) is 0. The van der Waals surface area contributed by atoms with E-state index in [2.05, 4.69) is 19.2 Å². The molecule has 0 aliphatic heterocycles. The van der Waals surface area contributed by atoms with Gasteiger partial charge in [0, 0.05) is 18.0 Å². The SMILES string of the molecule is CC(C)NCC1(c2ccc(F)cc2)CCCCC1. The number of halogens is 1. The lowest BCUT2D eigenvalue weighted by molar-refractivity contribution is 0.273. The first-order valence-electron chi connectivity index (χ1n) is 7.12. The second-order valence-electron chi connectivity index (χ2n) is 5.88. The molecule has 1 aromatic carbocycles.